The molecule has 0 spiro atoms. The average molecular weight is 172 g/mol. The summed E-state index contributed by atoms with van der Waals surface area (Å²) < 4.78 is 0. The van der Waals surface area contributed by atoms with Crippen LogP contribution in [0.4, 0.5) is 0 Å². The van der Waals surface area contributed by atoms with E-state index >= 15 is 0 Å². The zero-order chi connectivity index (χ0) is 8.93. The van der Waals surface area contributed by atoms with E-state index in [1.165, 1.54) is 0 Å². The summed E-state index contributed by atoms with van der Waals surface area (Å²) in [7, 11) is 0. The second-order valence-electron chi connectivity index (χ2n) is 3.89. The van der Waals surface area contributed by atoms with E-state index in [-0.39, 0.29) is 24.5 Å². The van der Waals surface area contributed by atoms with Gasteiger partial charge in [0.1, 0.15) is 5.60 Å². The van der Waals surface area contributed by atoms with Gasteiger partial charge in [-0.05, 0) is 12.3 Å². The highest BCUT2D eigenvalue weighted by Crippen LogP contribution is 2.42. The van der Waals surface area contributed by atoms with Gasteiger partial charge in [0.2, 0.25) is 0 Å². The van der Waals surface area contributed by atoms with E-state index in [4.69, 9.17) is 0 Å². The van der Waals surface area contributed by atoms with Crippen LogP contribution in [0.25, 0.3) is 0 Å². The summed E-state index contributed by atoms with van der Waals surface area (Å²) in [5.41, 5.74) is -1.34. The van der Waals surface area contributed by atoms with Crippen molar-refractivity contribution >= 4 is 5.78 Å². The maximum Gasteiger partial charge on any atom is 0.164 e. The first-order chi connectivity index (χ1) is 5.53. The first-order valence-corrected chi connectivity index (χ1v) is 4.15. The van der Waals surface area contributed by atoms with Crippen LogP contribution in [-0.4, -0.2) is 38.9 Å². The summed E-state index contributed by atoms with van der Waals surface area (Å²) >= 11 is 0. The van der Waals surface area contributed by atoms with Crippen LogP contribution in [0.15, 0.2) is 0 Å². The molecule has 68 valence electrons. The van der Waals surface area contributed by atoms with Crippen LogP contribution in [0.2, 0.25) is 0 Å². The van der Waals surface area contributed by atoms with Crippen LogP contribution in [0.3, 0.4) is 0 Å². The van der Waals surface area contributed by atoms with Gasteiger partial charge >= 0.3 is 0 Å². The summed E-state index contributed by atoms with van der Waals surface area (Å²) in [5, 5.41) is 28.3. The van der Waals surface area contributed by atoms with Crippen LogP contribution in [0, 0.1) is 5.92 Å². The number of fused-ring (bicyclic) bond motifs is 2. The third kappa shape index (κ3) is 0.920. The summed E-state index contributed by atoms with van der Waals surface area (Å²) in [6.07, 6.45) is -1.28. The van der Waals surface area contributed by atoms with Gasteiger partial charge in [-0.15, -0.1) is 0 Å². The smallest absolute Gasteiger partial charge is 0.164 e. The Hall–Kier alpha value is -0.450. The highest BCUT2D eigenvalue weighted by Gasteiger charge is 2.54. The predicted octanol–water partition coefficient (Wildman–Crippen LogP) is -1.18. The number of ketones is 1. The molecule has 0 saturated heterocycles. The minimum Gasteiger partial charge on any atom is -0.390 e. The lowest BCUT2D eigenvalue weighted by Gasteiger charge is -2.33. The van der Waals surface area contributed by atoms with Gasteiger partial charge in [-0.2, -0.15) is 0 Å². The molecule has 4 nitrogen and oxygen atoms in total. The number of aliphatic hydroxyl groups is 3. The van der Waals surface area contributed by atoms with Crippen molar-refractivity contribution in [2.24, 2.45) is 5.92 Å². The minimum absolute atomic E-state index is 0.0104. The van der Waals surface area contributed by atoms with Gasteiger partial charge in [0, 0.05) is 12.8 Å². The maximum atomic E-state index is 11.2. The zero-order valence-corrected chi connectivity index (χ0v) is 6.60. The molecule has 2 aliphatic rings. The van der Waals surface area contributed by atoms with E-state index in [9.17, 15) is 20.1 Å². The largest absolute Gasteiger partial charge is 0.390 e. The minimum atomic E-state index is -1.34. The van der Waals surface area contributed by atoms with Crippen LogP contribution in [0.5, 0.6) is 0 Å². The second kappa shape index (κ2) is 2.28. The van der Waals surface area contributed by atoms with Gasteiger partial charge in [0.05, 0.1) is 12.2 Å². The molecule has 0 unspecified atom stereocenters. The Labute approximate surface area is 69.8 Å². The monoisotopic (exact) mass is 172 g/mol. The number of carbonyl (C=O) groups excluding carboxylic acids is 1. The second-order valence-corrected chi connectivity index (χ2v) is 3.89. The van der Waals surface area contributed by atoms with E-state index in [1.807, 2.05) is 0 Å². The molecule has 4 heteroatoms. The summed E-state index contributed by atoms with van der Waals surface area (Å²) in [6.45, 7) is 0. The number of aliphatic hydroxyl groups excluding tert-OH is 2. The average Bonchev–Trinajstić information content (AvgIpc) is 2.22. The molecule has 2 aliphatic carbocycles. The van der Waals surface area contributed by atoms with Crippen molar-refractivity contribution in [1.82, 2.24) is 0 Å². The molecule has 2 saturated carbocycles. The van der Waals surface area contributed by atoms with Crippen molar-refractivity contribution < 1.29 is 20.1 Å². The van der Waals surface area contributed by atoms with E-state index in [0.29, 0.717) is 6.42 Å². The third-order valence-corrected chi connectivity index (χ3v) is 2.99. The first kappa shape index (κ1) is 8.16. The van der Waals surface area contributed by atoms with Gasteiger partial charge in [-0.3, -0.25) is 4.79 Å². The molecule has 2 bridgehead atoms. The van der Waals surface area contributed by atoms with E-state index in [1.54, 1.807) is 0 Å². The van der Waals surface area contributed by atoms with Gasteiger partial charge in [-0.25, -0.2) is 0 Å². The van der Waals surface area contributed by atoms with Gasteiger partial charge < -0.3 is 15.3 Å². The van der Waals surface area contributed by atoms with E-state index in [2.05, 4.69) is 0 Å². The summed E-state index contributed by atoms with van der Waals surface area (Å²) in [5.74, 6) is -0.477. The first-order valence-electron chi connectivity index (χ1n) is 4.15. The molecule has 0 amide bonds. The Bertz CT molecular complexity index is 227. The predicted molar refractivity (Wildman–Crippen MR) is 39.3 cm³/mol. The van der Waals surface area contributed by atoms with Crippen molar-refractivity contribution in [2.45, 2.75) is 37.1 Å². The lowest BCUT2D eigenvalue weighted by molar-refractivity contribution is -0.141. The molecule has 0 aromatic heterocycles. The molecule has 3 N–H and O–H groups in total. The molecular weight excluding hydrogens is 160 g/mol. The molecule has 0 aromatic rings. The number of hydrogen-bond acceptors (Lipinski definition) is 4. The Kier molecular flexibility index (Phi) is 1.55. The van der Waals surface area contributed by atoms with Crippen LogP contribution < -0.4 is 0 Å². The number of Topliss-reactive ketones (excluding diaryl/α,β-unsaturated/α-hetero) is 1. The van der Waals surface area contributed by atoms with E-state index < -0.39 is 17.8 Å². The molecule has 2 fully saturated rings. The van der Waals surface area contributed by atoms with Crippen molar-refractivity contribution in [3.8, 4) is 0 Å². The van der Waals surface area contributed by atoms with Crippen LogP contribution >= 0.6 is 0 Å². The molecule has 0 aromatic carbocycles. The fourth-order valence-corrected chi connectivity index (χ4v) is 2.27. The standard InChI is InChI=1S/C8H12O4/c9-5-3-8(12)2-4(7(5)11)1-6(8)10/h4-5,7,9,11-12H,1-3H2/t4-,5-,7+,8-/m1/s1. The molecule has 0 aliphatic heterocycles. The number of rotatable bonds is 0. The SMILES string of the molecule is O=C1C[C@@H]2C[C@@]1(O)C[C@@H](O)[C@H]2O. The normalized spacial score (nSPS) is 52.9. The summed E-state index contributed by atoms with van der Waals surface area (Å²) in [4.78, 5) is 11.2. The van der Waals surface area contributed by atoms with Crippen molar-refractivity contribution in [2.75, 3.05) is 0 Å². The Morgan fingerprint density at radius 1 is 1.33 bits per heavy atom. The van der Waals surface area contributed by atoms with Crippen LogP contribution in [0.1, 0.15) is 19.3 Å². The fraction of sp³-hybridized carbons (Fsp3) is 0.875. The molecule has 12 heavy (non-hydrogen) atoms. The van der Waals surface area contributed by atoms with Gasteiger partial charge in [-0.1, -0.05) is 0 Å². The zero-order valence-electron chi connectivity index (χ0n) is 6.60. The lowest BCUT2D eigenvalue weighted by atomic mass is 9.82. The molecule has 4 atom stereocenters. The summed E-state index contributed by atoms with van der Waals surface area (Å²) in [6, 6.07) is 0. The van der Waals surface area contributed by atoms with Crippen molar-refractivity contribution in [1.29, 1.82) is 0 Å². The fourth-order valence-electron chi connectivity index (χ4n) is 2.27. The van der Waals surface area contributed by atoms with Gasteiger partial charge in [0.15, 0.2) is 5.78 Å². The van der Waals surface area contributed by atoms with E-state index in [0.717, 1.165) is 0 Å². The Balaban J connectivity index is 2.28. The third-order valence-electron chi connectivity index (χ3n) is 2.99. The van der Waals surface area contributed by atoms with Crippen molar-refractivity contribution in [3.63, 3.8) is 0 Å². The lowest BCUT2D eigenvalue weighted by Crippen LogP contribution is -2.46. The molecule has 0 heterocycles. The molecule has 0 radical (unpaired) electrons. The van der Waals surface area contributed by atoms with Crippen molar-refractivity contribution in [3.05, 3.63) is 0 Å². The quantitative estimate of drug-likeness (QED) is 0.430. The Morgan fingerprint density at radius 2 is 2.00 bits per heavy atom. The number of carbonyl (C=O) groups is 1. The van der Waals surface area contributed by atoms with Crippen LogP contribution in [-0.2, 0) is 4.79 Å². The molecular formula is C8H12O4. The molecule has 2 rings (SSSR count). The topological polar surface area (TPSA) is 77.8 Å². The Morgan fingerprint density at radius 3 is 2.67 bits per heavy atom. The highest BCUT2D eigenvalue weighted by molar-refractivity contribution is 5.90. The highest BCUT2D eigenvalue weighted by atomic mass is 16.3. The maximum absolute atomic E-state index is 11.2. The van der Waals surface area contributed by atoms with Gasteiger partial charge in [0.25, 0.3) is 0 Å². The number of hydrogen-bond donors (Lipinski definition) is 3.